The molecule has 6 nitrogen and oxygen atoms in total. The predicted octanol–water partition coefficient (Wildman–Crippen LogP) is 1.65. The van der Waals surface area contributed by atoms with Gasteiger partial charge in [-0.25, -0.2) is 4.57 Å². The van der Waals surface area contributed by atoms with Crippen molar-refractivity contribution in [2.24, 2.45) is 12.1 Å². The fourth-order valence-electron chi connectivity index (χ4n) is 1.96. The van der Waals surface area contributed by atoms with Crippen LogP contribution in [0.4, 0.5) is 11.4 Å². The molecule has 0 saturated heterocycles. The van der Waals surface area contributed by atoms with Crippen molar-refractivity contribution in [2.45, 2.75) is 6.92 Å². The number of carbonyl (C=O) groups excluding carboxylic acids is 1. The third-order valence-electron chi connectivity index (χ3n) is 3.10. The number of hydrogen-bond acceptors (Lipinski definition) is 4. The molecule has 0 aliphatic carbocycles. The van der Waals surface area contributed by atoms with Gasteiger partial charge in [0.1, 0.15) is 24.7 Å². The average molecular weight is 299 g/mol. The van der Waals surface area contributed by atoms with Crippen LogP contribution in [0.15, 0.2) is 47.7 Å². The molecule has 0 fully saturated rings. The van der Waals surface area contributed by atoms with Gasteiger partial charge in [-0.05, 0) is 18.2 Å². The van der Waals surface area contributed by atoms with Crippen molar-refractivity contribution in [1.82, 2.24) is 0 Å². The SMILES string of the molecule is CC(=O)Nc1ccc(N(C)/N=C/c2cccc[n+]2C)c(O)c1. The predicted molar refractivity (Wildman–Crippen MR) is 86.0 cm³/mol. The van der Waals surface area contributed by atoms with Crippen LogP contribution in [-0.2, 0) is 11.8 Å². The van der Waals surface area contributed by atoms with Gasteiger partial charge < -0.3 is 10.4 Å². The summed E-state index contributed by atoms with van der Waals surface area (Å²) in [5, 5.41) is 18.6. The highest BCUT2D eigenvalue weighted by atomic mass is 16.3. The van der Waals surface area contributed by atoms with Gasteiger partial charge in [0, 0.05) is 37.9 Å². The van der Waals surface area contributed by atoms with E-state index in [-0.39, 0.29) is 11.7 Å². The molecule has 2 N–H and O–H groups in total. The number of hydrazone groups is 1. The lowest BCUT2D eigenvalue weighted by atomic mass is 10.2. The molecule has 0 aliphatic rings. The number of aryl methyl sites for hydroxylation is 1. The van der Waals surface area contributed by atoms with E-state index in [2.05, 4.69) is 10.4 Å². The Morgan fingerprint density at radius 3 is 2.77 bits per heavy atom. The summed E-state index contributed by atoms with van der Waals surface area (Å²) in [6, 6.07) is 10.7. The van der Waals surface area contributed by atoms with Crippen molar-refractivity contribution in [3.05, 3.63) is 48.3 Å². The van der Waals surface area contributed by atoms with E-state index in [1.807, 2.05) is 36.0 Å². The van der Waals surface area contributed by atoms with Gasteiger partial charge >= 0.3 is 0 Å². The number of benzene rings is 1. The van der Waals surface area contributed by atoms with E-state index in [0.29, 0.717) is 11.4 Å². The zero-order chi connectivity index (χ0) is 16.1. The van der Waals surface area contributed by atoms with Crippen molar-refractivity contribution < 1.29 is 14.5 Å². The zero-order valence-corrected chi connectivity index (χ0v) is 12.8. The molecule has 0 radical (unpaired) electrons. The Morgan fingerprint density at radius 1 is 1.36 bits per heavy atom. The Bertz CT molecular complexity index is 713. The maximum atomic E-state index is 11.0. The first kappa shape index (κ1) is 15.5. The number of nitrogens with zero attached hydrogens (tertiary/aromatic N) is 3. The average Bonchev–Trinajstić information content (AvgIpc) is 2.45. The molecule has 2 rings (SSSR count). The van der Waals surface area contributed by atoms with E-state index in [1.54, 1.807) is 30.4 Å². The van der Waals surface area contributed by atoms with Gasteiger partial charge in [-0.15, -0.1) is 0 Å². The first-order chi connectivity index (χ1) is 10.5. The fraction of sp³-hybridized carbons (Fsp3) is 0.188. The van der Waals surface area contributed by atoms with Crippen LogP contribution in [0.3, 0.4) is 0 Å². The van der Waals surface area contributed by atoms with Crippen molar-refractivity contribution in [3.8, 4) is 5.75 Å². The minimum absolute atomic E-state index is 0.0448. The Kier molecular flexibility index (Phi) is 4.73. The number of hydrogen-bond donors (Lipinski definition) is 2. The lowest BCUT2D eigenvalue weighted by molar-refractivity contribution is -0.672. The zero-order valence-electron chi connectivity index (χ0n) is 12.8. The summed E-state index contributed by atoms with van der Waals surface area (Å²) in [6.45, 7) is 1.42. The number of nitrogens with one attached hydrogen (secondary N) is 1. The molecule has 0 atom stereocenters. The molecule has 0 spiro atoms. The largest absolute Gasteiger partial charge is 0.506 e. The van der Waals surface area contributed by atoms with Gasteiger partial charge in [-0.2, -0.15) is 5.10 Å². The molecule has 0 aliphatic heterocycles. The highest BCUT2D eigenvalue weighted by Gasteiger charge is 2.08. The highest BCUT2D eigenvalue weighted by molar-refractivity contribution is 5.89. The van der Waals surface area contributed by atoms with E-state index >= 15 is 0 Å². The van der Waals surface area contributed by atoms with Crippen molar-refractivity contribution in [3.63, 3.8) is 0 Å². The molecule has 1 aromatic carbocycles. The fourth-order valence-corrected chi connectivity index (χ4v) is 1.96. The third-order valence-corrected chi connectivity index (χ3v) is 3.10. The van der Waals surface area contributed by atoms with Crippen LogP contribution in [-0.4, -0.2) is 24.3 Å². The molecule has 1 aromatic heterocycles. The number of rotatable bonds is 4. The van der Waals surface area contributed by atoms with Gasteiger partial charge in [0.05, 0.1) is 0 Å². The molecular weight excluding hydrogens is 280 g/mol. The molecule has 114 valence electrons. The van der Waals surface area contributed by atoms with E-state index in [1.165, 1.54) is 13.0 Å². The van der Waals surface area contributed by atoms with Crippen LogP contribution < -0.4 is 14.9 Å². The molecule has 1 amide bonds. The second-order valence-corrected chi connectivity index (χ2v) is 4.89. The first-order valence-corrected chi connectivity index (χ1v) is 6.80. The minimum Gasteiger partial charge on any atom is -0.506 e. The monoisotopic (exact) mass is 299 g/mol. The van der Waals surface area contributed by atoms with E-state index in [9.17, 15) is 9.90 Å². The lowest BCUT2D eigenvalue weighted by Crippen LogP contribution is -2.32. The van der Waals surface area contributed by atoms with E-state index in [0.717, 1.165) is 5.69 Å². The number of amides is 1. The van der Waals surface area contributed by atoms with Gasteiger partial charge in [0.25, 0.3) is 0 Å². The summed E-state index contributed by atoms with van der Waals surface area (Å²) in [6.07, 6.45) is 3.64. The maximum Gasteiger partial charge on any atom is 0.225 e. The molecule has 0 unspecified atom stereocenters. The van der Waals surface area contributed by atoms with Gasteiger partial charge in [-0.1, -0.05) is 0 Å². The summed E-state index contributed by atoms with van der Waals surface area (Å²) in [4.78, 5) is 11.0. The number of aromatic nitrogens is 1. The Morgan fingerprint density at radius 2 is 2.14 bits per heavy atom. The molecule has 6 heteroatoms. The van der Waals surface area contributed by atoms with Gasteiger partial charge in [0.2, 0.25) is 11.6 Å². The van der Waals surface area contributed by atoms with Crippen LogP contribution in [0, 0.1) is 0 Å². The smallest absolute Gasteiger partial charge is 0.225 e. The summed E-state index contributed by atoms with van der Waals surface area (Å²) in [5.74, 6) is -0.140. The van der Waals surface area contributed by atoms with E-state index in [4.69, 9.17) is 0 Å². The molecule has 2 aromatic rings. The van der Waals surface area contributed by atoms with E-state index < -0.39 is 0 Å². The van der Waals surface area contributed by atoms with Crippen molar-refractivity contribution in [1.29, 1.82) is 0 Å². The van der Waals surface area contributed by atoms with Crippen LogP contribution in [0.25, 0.3) is 0 Å². The number of pyridine rings is 1. The van der Waals surface area contributed by atoms with Crippen molar-refractivity contribution >= 4 is 23.5 Å². The number of carbonyl (C=O) groups is 1. The van der Waals surface area contributed by atoms with Gasteiger partial charge in [-0.3, -0.25) is 9.80 Å². The van der Waals surface area contributed by atoms with Crippen LogP contribution >= 0.6 is 0 Å². The van der Waals surface area contributed by atoms with Crippen molar-refractivity contribution in [2.75, 3.05) is 17.4 Å². The Balaban J connectivity index is 2.17. The number of anilines is 2. The second kappa shape index (κ2) is 6.71. The Labute approximate surface area is 129 Å². The molecule has 0 saturated carbocycles. The number of phenols is 1. The Hall–Kier alpha value is -2.89. The molecule has 1 heterocycles. The summed E-state index contributed by atoms with van der Waals surface area (Å²) in [7, 11) is 3.67. The topological polar surface area (TPSA) is 68.8 Å². The van der Waals surface area contributed by atoms with Crippen LogP contribution in [0.5, 0.6) is 5.75 Å². The molecule has 22 heavy (non-hydrogen) atoms. The normalized spacial score (nSPS) is 10.7. The van der Waals surface area contributed by atoms with Crippen LogP contribution in [0.2, 0.25) is 0 Å². The van der Waals surface area contributed by atoms with Gasteiger partial charge in [0.15, 0.2) is 6.20 Å². The lowest BCUT2D eigenvalue weighted by Gasteiger charge is -2.15. The summed E-state index contributed by atoms with van der Waals surface area (Å²) in [5.41, 5.74) is 2.02. The molecule has 0 bridgehead atoms. The number of aromatic hydroxyl groups is 1. The minimum atomic E-state index is -0.185. The van der Waals surface area contributed by atoms with Crippen LogP contribution in [0.1, 0.15) is 12.6 Å². The molecular formula is C16H19N4O2+. The summed E-state index contributed by atoms with van der Waals surface area (Å²) < 4.78 is 1.94. The quantitative estimate of drug-likeness (QED) is 0.512. The maximum absolute atomic E-state index is 11.0. The summed E-state index contributed by atoms with van der Waals surface area (Å²) >= 11 is 0. The third kappa shape index (κ3) is 3.82. The standard InChI is InChI=1S/C16H18N4O2/c1-12(21)18-13-7-8-15(16(22)10-13)20(3)17-11-14-6-4-5-9-19(14)2/h4-11H,1-3H3,(H-,17,18,21,22)/p+1. The highest BCUT2D eigenvalue weighted by Crippen LogP contribution is 2.29. The first-order valence-electron chi connectivity index (χ1n) is 6.80. The number of phenolic OH excluding ortho intramolecular Hbond substituents is 1. The second-order valence-electron chi connectivity index (χ2n) is 4.89.